The Labute approximate surface area is 141 Å². The minimum Gasteiger partial charge on any atom is -0.398 e. The number of carbonyl (C=O) groups is 2. The van der Waals surface area contributed by atoms with Gasteiger partial charge in [-0.3, -0.25) is 9.59 Å². The van der Waals surface area contributed by atoms with Gasteiger partial charge in [0.05, 0.1) is 16.8 Å². The maximum Gasteiger partial charge on any atom is 0.188 e. The SMILES string of the molecule is CCCCc1ccc(NC2=C3C(=O)C=CC(N)=C3C(=O)C=C2)cc1. The Morgan fingerprint density at radius 1 is 0.917 bits per heavy atom. The van der Waals surface area contributed by atoms with Crippen molar-refractivity contribution in [3.8, 4) is 0 Å². The highest BCUT2D eigenvalue weighted by Gasteiger charge is 2.29. The first-order valence-electron chi connectivity index (χ1n) is 8.15. The van der Waals surface area contributed by atoms with Gasteiger partial charge in [-0.25, -0.2) is 0 Å². The van der Waals surface area contributed by atoms with Gasteiger partial charge in [-0.2, -0.15) is 0 Å². The van der Waals surface area contributed by atoms with E-state index in [1.807, 2.05) is 12.1 Å². The Balaban J connectivity index is 1.89. The number of hydrogen-bond acceptors (Lipinski definition) is 4. The molecule has 122 valence electrons. The molecule has 0 heterocycles. The standard InChI is InChI=1S/C20H20N2O2/c1-2-3-4-13-5-7-14(8-6-13)22-16-10-12-17(23)19-15(21)9-11-18(24)20(16)19/h5-12,22H,2-4,21H2,1H3. The summed E-state index contributed by atoms with van der Waals surface area (Å²) >= 11 is 0. The van der Waals surface area contributed by atoms with E-state index in [1.165, 1.54) is 36.6 Å². The molecular formula is C20H20N2O2. The van der Waals surface area contributed by atoms with Crippen molar-refractivity contribution in [2.75, 3.05) is 5.32 Å². The highest BCUT2D eigenvalue weighted by molar-refractivity contribution is 6.23. The topological polar surface area (TPSA) is 72.2 Å². The smallest absolute Gasteiger partial charge is 0.188 e. The molecule has 0 aromatic heterocycles. The van der Waals surface area contributed by atoms with Crippen LogP contribution in [0.1, 0.15) is 25.3 Å². The second-order valence-corrected chi connectivity index (χ2v) is 5.94. The van der Waals surface area contributed by atoms with Crippen LogP contribution in [0.5, 0.6) is 0 Å². The molecular weight excluding hydrogens is 300 g/mol. The molecule has 0 radical (unpaired) electrons. The van der Waals surface area contributed by atoms with Crippen LogP contribution in [0.4, 0.5) is 5.69 Å². The van der Waals surface area contributed by atoms with Crippen LogP contribution in [0.25, 0.3) is 0 Å². The Bertz CT molecular complexity index is 809. The third-order valence-corrected chi connectivity index (χ3v) is 4.17. The zero-order chi connectivity index (χ0) is 17.1. The number of nitrogens with one attached hydrogen (secondary N) is 1. The molecule has 3 N–H and O–H groups in total. The molecule has 24 heavy (non-hydrogen) atoms. The first kappa shape index (κ1) is 16.0. The average Bonchev–Trinajstić information content (AvgIpc) is 2.59. The van der Waals surface area contributed by atoms with E-state index in [2.05, 4.69) is 24.4 Å². The molecule has 4 nitrogen and oxygen atoms in total. The number of allylic oxidation sites excluding steroid dienone is 6. The van der Waals surface area contributed by atoms with Gasteiger partial charge in [0.2, 0.25) is 0 Å². The second kappa shape index (κ2) is 6.71. The molecule has 2 aliphatic rings. The Kier molecular flexibility index (Phi) is 4.47. The summed E-state index contributed by atoms with van der Waals surface area (Å²) in [5.74, 6) is -0.445. The van der Waals surface area contributed by atoms with Gasteiger partial charge >= 0.3 is 0 Å². The molecule has 0 unspecified atom stereocenters. The third-order valence-electron chi connectivity index (χ3n) is 4.17. The van der Waals surface area contributed by atoms with Crippen LogP contribution in [-0.2, 0) is 16.0 Å². The van der Waals surface area contributed by atoms with E-state index in [-0.39, 0.29) is 17.1 Å². The van der Waals surface area contributed by atoms with Gasteiger partial charge in [0.15, 0.2) is 11.6 Å². The zero-order valence-corrected chi connectivity index (χ0v) is 13.6. The van der Waals surface area contributed by atoms with Crippen LogP contribution in [-0.4, -0.2) is 11.6 Å². The molecule has 0 aliphatic heterocycles. The number of benzene rings is 1. The van der Waals surface area contributed by atoms with Gasteiger partial charge in [0, 0.05) is 11.4 Å². The molecule has 0 atom stereocenters. The fourth-order valence-electron chi connectivity index (χ4n) is 2.85. The third kappa shape index (κ3) is 3.08. The summed E-state index contributed by atoms with van der Waals surface area (Å²) < 4.78 is 0. The van der Waals surface area contributed by atoms with E-state index in [9.17, 15) is 9.59 Å². The van der Waals surface area contributed by atoms with E-state index in [1.54, 1.807) is 6.08 Å². The summed E-state index contributed by atoms with van der Waals surface area (Å²) in [5, 5.41) is 3.23. The molecule has 4 heteroatoms. The molecule has 0 spiro atoms. The van der Waals surface area contributed by atoms with E-state index in [0.717, 1.165) is 12.1 Å². The fraction of sp³-hybridized carbons (Fsp3) is 0.200. The molecule has 0 amide bonds. The predicted octanol–water partition coefficient (Wildman–Crippen LogP) is 3.19. The Morgan fingerprint density at radius 3 is 2.29 bits per heavy atom. The molecule has 0 fully saturated rings. The average molecular weight is 320 g/mol. The zero-order valence-electron chi connectivity index (χ0n) is 13.6. The van der Waals surface area contributed by atoms with E-state index >= 15 is 0 Å². The predicted molar refractivity (Wildman–Crippen MR) is 95.2 cm³/mol. The molecule has 0 saturated heterocycles. The number of hydrogen-bond donors (Lipinski definition) is 2. The van der Waals surface area contributed by atoms with Crippen LogP contribution in [0.3, 0.4) is 0 Å². The number of nitrogens with two attached hydrogens (primary N) is 1. The monoisotopic (exact) mass is 320 g/mol. The lowest BCUT2D eigenvalue weighted by Gasteiger charge is -2.21. The summed E-state index contributed by atoms with van der Waals surface area (Å²) in [4.78, 5) is 24.3. The summed E-state index contributed by atoms with van der Waals surface area (Å²) in [6, 6.07) is 8.13. The van der Waals surface area contributed by atoms with E-state index < -0.39 is 0 Å². The van der Waals surface area contributed by atoms with Crippen molar-refractivity contribution in [2.45, 2.75) is 26.2 Å². The fourth-order valence-corrected chi connectivity index (χ4v) is 2.85. The number of rotatable bonds is 5. The molecule has 1 aromatic rings. The van der Waals surface area contributed by atoms with Crippen LogP contribution in [0, 0.1) is 0 Å². The van der Waals surface area contributed by atoms with E-state index in [4.69, 9.17) is 5.73 Å². The van der Waals surface area contributed by atoms with Gasteiger partial charge in [-0.05, 0) is 54.8 Å². The van der Waals surface area contributed by atoms with Crippen molar-refractivity contribution in [3.05, 3.63) is 76.7 Å². The summed E-state index contributed by atoms with van der Waals surface area (Å²) in [6.07, 6.45) is 9.36. The minimum absolute atomic E-state index is 0.209. The van der Waals surface area contributed by atoms with Gasteiger partial charge in [-0.1, -0.05) is 25.5 Å². The quantitative estimate of drug-likeness (QED) is 0.874. The molecule has 3 rings (SSSR count). The van der Waals surface area contributed by atoms with Crippen LogP contribution >= 0.6 is 0 Å². The van der Waals surface area contributed by atoms with Gasteiger partial charge < -0.3 is 11.1 Å². The lowest BCUT2D eigenvalue weighted by Crippen LogP contribution is -2.24. The van der Waals surface area contributed by atoms with Crippen molar-refractivity contribution < 1.29 is 9.59 Å². The number of aryl methyl sites for hydroxylation is 1. The van der Waals surface area contributed by atoms with Gasteiger partial charge in [0.1, 0.15) is 0 Å². The molecule has 0 saturated carbocycles. The maximum absolute atomic E-state index is 12.2. The van der Waals surface area contributed by atoms with Crippen LogP contribution < -0.4 is 11.1 Å². The van der Waals surface area contributed by atoms with Crippen LogP contribution in [0.2, 0.25) is 0 Å². The van der Waals surface area contributed by atoms with Gasteiger partial charge in [-0.15, -0.1) is 0 Å². The number of carbonyl (C=O) groups excluding carboxylic acids is 2. The van der Waals surface area contributed by atoms with E-state index in [0.29, 0.717) is 17.0 Å². The number of ketones is 2. The lowest BCUT2D eigenvalue weighted by molar-refractivity contribution is -0.114. The largest absolute Gasteiger partial charge is 0.398 e. The van der Waals surface area contributed by atoms with Crippen molar-refractivity contribution in [1.82, 2.24) is 0 Å². The van der Waals surface area contributed by atoms with Crippen molar-refractivity contribution in [1.29, 1.82) is 0 Å². The van der Waals surface area contributed by atoms with Crippen molar-refractivity contribution in [3.63, 3.8) is 0 Å². The minimum atomic E-state index is -0.235. The second-order valence-electron chi connectivity index (χ2n) is 5.94. The van der Waals surface area contributed by atoms with Crippen LogP contribution in [0.15, 0.2) is 71.1 Å². The van der Waals surface area contributed by atoms with Gasteiger partial charge in [0.25, 0.3) is 0 Å². The molecule has 0 bridgehead atoms. The number of anilines is 1. The Hall–Kier alpha value is -2.88. The van der Waals surface area contributed by atoms with Crippen molar-refractivity contribution in [2.24, 2.45) is 5.73 Å². The maximum atomic E-state index is 12.2. The normalized spacial score (nSPS) is 16.7. The Morgan fingerprint density at radius 2 is 1.58 bits per heavy atom. The number of unbranched alkanes of at least 4 members (excludes halogenated alkanes) is 1. The molecule has 1 aromatic carbocycles. The highest BCUT2D eigenvalue weighted by Crippen LogP contribution is 2.29. The highest BCUT2D eigenvalue weighted by atomic mass is 16.1. The van der Waals surface area contributed by atoms with Crippen molar-refractivity contribution >= 4 is 17.3 Å². The lowest BCUT2D eigenvalue weighted by atomic mass is 9.86. The summed E-state index contributed by atoms with van der Waals surface area (Å²) in [5.41, 5.74) is 9.60. The summed E-state index contributed by atoms with van der Waals surface area (Å²) in [6.45, 7) is 2.17. The number of fused-ring (bicyclic) bond motifs is 1. The first-order valence-corrected chi connectivity index (χ1v) is 8.15. The molecule has 2 aliphatic carbocycles. The summed E-state index contributed by atoms with van der Waals surface area (Å²) in [7, 11) is 0. The first-order chi connectivity index (χ1) is 11.6.